The largest absolute Gasteiger partial charge is 0.457 e. The summed E-state index contributed by atoms with van der Waals surface area (Å²) < 4.78 is 5.86. The van der Waals surface area contributed by atoms with E-state index in [1.165, 1.54) is 11.1 Å². The van der Waals surface area contributed by atoms with Crippen LogP contribution in [-0.4, -0.2) is 26.2 Å². The van der Waals surface area contributed by atoms with Crippen molar-refractivity contribution in [2.24, 2.45) is 11.5 Å². The average Bonchev–Trinajstić information content (AvgIpc) is 2.58. The average molecular weight is 314 g/mol. The first kappa shape index (κ1) is 17.4. The lowest BCUT2D eigenvalue weighted by Gasteiger charge is -2.09. The van der Waals surface area contributed by atoms with Crippen molar-refractivity contribution >= 4 is 0 Å². The predicted octanol–water partition coefficient (Wildman–Crippen LogP) is 1.58. The van der Waals surface area contributed by atoms with Gasteiger partial charge < -0.3 is 26.8 Å². The molecule has 0 heterocycles. The lowest BCUT2D eigenvalue weighted by Crippen LogP contribution is -2.21. The Morgan fingerprint density at radius 2 is 1.04 bits per heavy atom. The van der Waals surface area contributed by atoms with Crippen LogP contribution in [0.15, 0.2) is 48.5 Å². The van der Waals surface area contributed by atoms with E-state index in [1.54, 1.807) is 0 Å². The van der Waals surface area contributed by atoms with E-state index in [9.17, 15) is 0 Å². The van der Waals surface area contributed by atoms with Crippen LogP contribution < -0.4 is 26.8 Å². The first-order chi connectivity index (χ1) is 11.3. The van der Waals surface area contributed by atoms with E-state index in [-0.39, 0.29) is 0 Å². The molecule has 2 aromatic carbocycles. The summed E-state index contributed by atoms with van der Waals surface area (Å²) in [5.41, 5.74) is 13.3. The zero-order chi connectivity index (χ0) is 16.3. The van der Waals surface area contributed by atoms with Gasteiger partial charge >= 0.3 is 0 Å². The Morgan fingerprint density at radius 3 is 1.39 bits per heavy atom. The fraction of sp³-hybridized carbons (Fsp3) is 0.333. The third-order valence-corrected chi connectivity index (χ3v) is 3.38. The summed E-state index contributed by atoms with van der Waals surface area (Å²) in [5, 5.41) is 6.54. The van der Waals surface area contributed by atoms with Crippen LogP contribution in [0, 0.1) is 0 Å². The van der Waals surface area contributed by atoms with E-state index < -0.39 is 0 Å². The Kier molecular flexibility index (Phi) is 7.56. The Bertz CT molecular complexity index is 503. The van der Waals surface area contributed by atoms with Gasteiger partial charge in [-0.05, 0) is 35.4 Å². The number of nitrogens with one attached hydrogen (secondary N) is 2. The second kappa shape index (κ2) is 9.97. The molecule has 0 atom stereocenters. The second-order valence-electron chi connectivity index (χ2n) is 5.32. The van der Waals surface area contributed by atoms with Gasteiger partial charge in [0.25, 0.3) is 0 Å². The molecule has 23 heavy (non-hydrogen) atoms. The number of hydrogen-bond donors (Lipinski definition) is 4. The predicted molar refractivity (Wildman–Crippen MR) is 94.5 cm³/mol. The number of ether oxygens (including phenoxy) is 1. The topological polar surface area (TPSA) is 85.3 Å². The highest BCUT2D eigenvalue weighted by molar-refractivity contribution is 5.34. The zero-order valence-corrected chi connectivity index (χ0v) is 13.4. The highest BCUT2D eigenvalue weighted by atomic mass is 16.5. The van der Waals surface area contributed by atoms with Gasteiger partial charge in [0.2, 0.25) is 0 Å². The minimum absolute atomic E-state index is 0.652. The molecule has 2 aromatic rings. The number of nitrogens with two attached hydrogens (primary N) is 2. The van der Waals surface area contributed by atoms with Gasteiger partial charge in [-0.3, -0.25) is 0 Å². The van der Waals surface area contributed by atoms with Gasteiger partial charge in [0.15, 0.2) is 0 Å². The Hall–Kier alpha value is -1.92. The molecule has 0 amide bonds. The van der Waals surface area contributed by atoms with Crippen molar-refractivity contribution < 1.29 is 4.74 Å². The number of benzene rings is 2. The van der Waals surface area contributed by atoms with E-state index in [0.29, 0.717) is 13.1 Å². The number of hydrogen-bond acceptors (Lipinski definition) is 5. The van der Waals surface area contributed by atoms with Gasteiger partial charge in [0, 0.05) is 39.3 Å². The first-order valence-corrected chi connectivity index (χ1v) is 7.99. The Labute approximate surface area is 138 Å². The summed E-state index contributed by atoms with van der Waals surface area (Å²) >= 11 is 0. The van der Waals surface area contributed by atoms with Crippen LogP contribution >= 0.6 is 0 Å². The third-order valence-electron chi connectivity index (χ3n) is 3.38. The molecule has 0 radical (unpaired) electrons. The summed E-state index contributed by atoms with van der Waals surface area (Å²) in [6.07, 6.45) is 0. The second-order valence-corrected chi connectivity index (χ2v) is 5.32. The fourth-order valence-corrected chi connectivity index (χ4v) is 2.16. The molecule has 5 nitrogen and oxygen atoms in total. The van der Waals surface area contributed by atoms with Crippen LogP contribution in [0.3, 0.4) is 0 Å². The highest BCUT2D eigenvalue weighted by Gasteiger charge is 1.99. The van der Waals surface area contributed by atoms with E-state index in [2.05, 4.69) is 34.9 Å². The number of rotatable bonds is 10. The molecule has 0 aliphatic heterocycles. The molecule has 0 aromatic heterocycles. The standard InChI is InChI=1S/C18H26N4O/c19-9-11-21-13-15-1-5-17(6-2-15)23-18-7-3-16(4-8-18)14-22-12-10-20/h1-8,21-22H,9-14,19-20H2. The molecular weight excluding hydrogens is 288 g/mol. The molecule has 0 unspecified atom stereocenters. The van der Waals surface area contributed by atoms with Crippen molar-refractivity contribution in [1.82, 2.24) is 10.6 Å². The summed E-state index contributed by atoms with van der Waals surface area (Å²) in [5.74, 6) is 1.67. The van der Waals surface area contributed by atoms with E-state index >= 15 is 0 Å². The van der Waals surface area contributed by atoms with Gasteiger partial charge in [-0.15, -0.1) is 0 Å². The van der Waals surface area contributed by atoms with Crippen molar-refractivity contribution in [2.45, 2.75) is 13.1 Å². The first-order valence-electron chi connectivity index (χ1n) is 7.99. The van der Waals surface area contributed by atoms with Gasteiger partial charge in [0.05, 0.1) is 0 Å². The van der Waals surface area contributed by atoms with Crippen LogP contribution in [0.2, 0.25) is 0 Å². The van der Waals surface area contributed by atoms with E-state index in [4.69, 9.17) is 16.2 Å². The molecule has 0 saturated carbocycles. The van der Waals surface area contributed by atoms with Gasteiger partial charge in [-0.1, -0.05) is 24.3 Å². The highest BCUT2D eigenvalue weighted by Crippen LogP contribution is 2.22. The van der Waals surface area contributed by atoms with Crippen LogP contribution in [0.5, 0.6) is 11.5 Å². The van der Waals surface area contributed by atoms with E-state index in [1.807, 2.05) is 24.3 Å². The summed E-state index contributed by atoms with van der Waals surface area (Å²) in [6.45, 7) is 4.59. The van der Waals surface area contributed by atoms with Gasteiger partial charge in [-0.2, -0.15) is 0 Å². The molecule has 124 valence electrons. The monoisotopic (exact) mass is 314 g/mol. The Morgan fingerprint density at radius 1 is 0.652 bits per heavy atom. The molecule has 0 bridgehead atoms. The van der Waals surface area contributed by atoms with Crippen molar-refractivity contribution in [1.29, 1.82) is 0 Å². The van der Waals surface area contributed by atoms with Crippen molar-refractivity contribution in [3.8, 4) is 11.5 Å². The molecule has 2 rings (SSSR count). The normalized spacial score (nSPS) is 10.7. The summed E-state index contributed by atoms with van der Waals surface area (Å²) in [7, 11) is 0. The Balaban J connectivity index is 1.84. The van der Waals surface area contributed by atoms with Crippen LogP contribution in [0.1, 0.15) is 11.1 Å². The fourth-order valence-electron chi connectivity index (χ4n) is 2.16. The molecule has 0 saturated heterocycles. The maximum absolute atomic E-state index is 5.86. The lowest BCUT2D eigenvalue weighted by atomic mass is 10.2. The maximum Gasteiger partial charge on any atom is 0.127 e. The molecule has 0 fully saturated rings. The molecule has 0 spiro atoms. The van der Waals surface area contributed by atoms with Crippen molar-refractivity contribution in [3.63, 3.8) is 0 Å². The van der Waals surface area contributed by atoms with Crippen molar-refractivity contribution in [3.05, 3.63) is 59.7 Å². The van der Waals surface area contributed by atoms with Crippen LogP contribution in [0.25, 0.3) is 0 Å². The summed E-state index contributed by atoms with van der Waals surface area (Å²) in [6, 6.07) is 16.2. The SMILES string of the molecule is NCCNCc1ccc(Oc2ccc(CNCCN)cc2)cc1. The van der Waals surface area contributed by atoms with Crippen LogP contribution in [0.4, 0.5) is 0 Å². The van der Waals surface area contributed by atoms with Crippen LogP contribution in [-0.2, 0) is 13.1 Å². The maximum atomic E-state index is 5.86. The smallest absolute Gasteiger partial charge is 0.127 e. The van der Waals surface area contributed by atoms with Gasteiger partial charge in [0.1, 0.15) is 11.5 Å². The quantitative estimate of drug-likeness (QED) is 0.500. The zero-order valence-electron chi connectivity index (χ0n) is 13.4. The minimum atomic E-state index is 0.652. The van der Waals surface area contributed by atoms with E-state index in [0.717, 1.165) is 37.7 Å². The minimum Gasteiger partial charge on any atom is -0.457 e. The molecule has 6 N–H and O–H groups in total. The summed E-state index contributed by atoms with van der Waals surface area (Å²) in [4.78, 5) is 0. The molecule has 0 aliphatic rings. The third kappa shape index (κ3) is 6.38. The molecular formula is C18H26N4O. The van der Waals surface area contributed by atoms with Crippen molar-refractivity contribution in [2.75, 3.05) is 26.2 Å². The molecule has 5 heteroatoms. The lowest BCUT2D eigenvalue weighted by molar-refractivity contribution is 0.482. The molecule has 0 aliphatic carbocycles. The van der Waals surface area contributed by atoms with Gasteiger partial charge in [-0.25, -0.2) is 0 Å².